The van der Waals surface area contributed by atoms with Gasteiger partial charge in [0.15, 0.2) is 14.4 Å². The molecule has 1 radical (unpaired) electrons. The normalized spacial score (nSPS) is 15.6. The van der Waals surface area contributed by atoms with Crippen molar-refractivity contribution in [1.82, 2.24) is 5.14 Å². The summed E-state index contributed by atoms with van der Waals surface area (Å²) < 4.78 is 42.6. The van der Waals surface area contributed by atoms with Crippen LogP contribution in [-0.2, 0) is 19.9 Å². The summed E-state index contributed by atoms with van der Waals surface area (Å²) in [5, 5.41) is 6.72. The second-order valence-electron chi connectivity index (χ2n) is 2.75. The quantitative estimate of drug-likeness (QED) is 0.670. The summed E-state index contributed by atoms with van der Waals surface area (Å²) in [4.78, 5) is 0. The first-order valence-electron chi connectivity index (χ1n) is 3.95. The van der Waals surface area contributed by atoms with E-state index in [1.165, 1.54) is 6.92 Å². The Balaban J connectivity index is 5.02. The van der Waals surface area contributed by atoms with Crippen molar-refractivity contribution >= 4 is 19.9 Å². The highest BCUT2D eigenvalue weighted by atomic mass is 32.3. The van der Waals surface area contributed by atoms with Crippen LogP contribution in [0.1, 0.15) is 26.7 Å². The average molecular weight is 228 g/mol. The van der Waals surface area contributed by atoms with Gasteiger partial charge >= 0.3 is 0 Å². The summed E-state index contributed by atoms with van der Waals surface area (Å²) >= 11 is 0. The van der Waals surface area contributed by atoms with Gasteiger partial charge in [-0.15, -0.1) is 5.14 Å². The van der Waals surface area contributed by atoms with Gasteiger partial charge in [-0.05, 0) is 12.8 Å². The lowest BCUT2D eigenvalue weighted by molar-refractivity contribution is 0.571. The summed E-state index contributed by atoms with van der Waals surface area (Å²) in [6.07, 6.45) is 0.308. The summed E-state index contributed by atoms with van der Waals surface area (Å²) in [6.45, 7) is 3.10. The van der Waals surface area contributed by atoms with Crippen LogP contribution in [0.25, 0.3) is 0 Å². The molecule has 0 aromatic rings. The van der Waals surface area contributed by atoms with Gasteiger partial charge in [-0.25, -0.2) is 16.8 Å². The molecule has 0 rings (SSSR count). The molecule has 0 spiro atoms. The van der Waals surface area contributed by atoms with Gasteiger partial charge in [-0.2, -0.15) is 0 Å². The second-order valence-corrected chi connectivity index (χ2v) is 7.01. The van der Waals surface area contributed by atoms with Crippen LogP contribution in [0.3, 0.4) is 0 Å². The fraction of sp³-hybridized carbons (Fsp3) is 1.00. The van der Waals surface area contributed by atoms with Gasteiger partial charge in [-0.1, -0.05) is 13.8 Å². The van der Waals surface area contributed by atoms with Crippen molar-refractivity contribution < 1.29 is 16.8 Å². The van der Waals surface area contributed by atoms with Gasteiger partial charge in [-0.3, -0.25) is 0 Å². The number of nitrogens with one attached hydrogen (secondary N) is 1. The average Bonchev–Trinajstić information content (AvgIpc) is 1.83. The highest BCUT2D eigenvalue weighted by molar-refractivity contribution is 8.07. The first-order valence-corrected chi connectivity index (χ1v) is 7.22. The zero-order valence-corrected chi connectivity index (χ0v) is 9.28. The van der Waals surface area contributed by atoms with Crippen LogP contribution in [0.4, 0.5) is 0 Å². The maximum Gasteiger partial charge on any atom is 0.242 e. The van der Waals surface area contributed by atoms with Crippen molar-refractivity contribution in [3.05, 3.63) is 0 Å². The van der Waals surface area contributed by atoms with Crippen molar-refractivity contribution in [3.8, 4) is 0 Å². The molecule has 1 N–H and O–H groups in total. The van der Waals surface area contributed by atoms with Gasteiger partial charge in [0.2, 0.25) is 10.0 Å². The van der Waals surface area contributed by atoms with Crippen LogP contribution in [-0.4, -0.2) is 27.2 Å². The van der Waals surface area contributed by atoms with Crippen molar-refractivity contribution in [2.75, 3.05) is 5.75 Å². The van der Waals surface area contributed by atoms with E-state index in [1.54, 1.807) is 6.92 Å². The van der Waals surface area contributed by atoms with Gasteiger partial charge in [0, 0.05) is 0 Å². The minimum atomic E-state index is -4.23. The molecule has 0 bridgehead atoms. The molecule has 79 valence electrons. The molecule has 0 aliphatic carbocycles. The smallest absolute Gasteiger partial charge is 0.227 e. The van der Waals surface area contributed by atoms with Crippen molar-refractivity contribution in [2.45, 2.75) is 31.3 Å². The van der Waals surface area contributed by atoms with E-state index in [9.17, 15) is 16.8 Å². The molecule has 0 aliphatic heterocycles. The molecule has 0 fully saturated rings. The Morgan fingerprint density at radius 1 is 1.15 bits per heavy atom. The van der Waals surface area contributed by atoms with Gasteiger partial charge in [0.25, 0.3) is 0 Å². The highest BCUT2D eigenvalue weighted by Crippen LogP contribution is 2.13. The molecular formula is C6H14NO4S2. The minimum absolute atomic E-state index is 0.0613. The van der Waals surface area contributed by atoms with Crippen LogP contribution in [0.15, 0.2) is 0 Å². The molecule has 5 nitrogen and oxygen atoms in total. The number of sulfone groups is 1. The Hall–Kier alpha value is -0.140. The fourth-order valence-corrected chi connectivity index (χ4v) is 4.69. The largest absolute Gasteiger partial charge is 0.242 e. The zero-order chi connectivity index (χ0) is 10.7. The first kappa shape index (κ1) is 12.9. The van der Waals surface area contributed by atoms with E-state index in [0.717, 1.165) is 0 Å². The number of rotatable bonds is 5. The monoisotopic (exact) mass is 228 g/mol. The molecule has 0 aromatic carbocycles. The van der Waals surface area contributed by atoms with Crippen LogP contribution in [0.2, 0.25) is 0 Å². The first-order chi connectivity index (χ1) is 5.75. The molecule has 1 atom stereocenters. The predicted octanol–water partition coefficient (Wildman–Crippen LogP) is 0.160. The molecule has 0 aromatic heterocycles. The maximum absolute atomic E-state index is 11.3. The van der Waals surface area contributed by atoms with E-state index in [0.29, 0.717) is 6.42 Å². The molecule has 1 unspecified atom stereocenters. The maximum atomic E-state index is 11.3. The third kappa shape index (κ3) is 3.61. The summed E-state index contributed by atoms with van der Waals surface area (Å²) in [5.74, 6) is -0.177. The highest BCUT2D eigenvalue weighted by Gasteiger charge is 2.33. The van der Waals surface area contributed by atoms with E-state index in [-0.39, 0.29) is 12.2 Å². The predicted molar refractivity (Wildman–Crippen MR) is 50.2 cm³/mol. The van der Waals surface area contributed by atoms with Crippen molar-refractivity contribution in [1.29, 1.82) is 0 Å². The lowest BCUT2D eigenvalue weighted by atomic mass is 10.6. The van der Waals surface area contributed by atoms with Crippen LogP contribution in [0.5, 0.6) is 0 Å². The molecule has 7 heteroatoms. The van der Waals surface area contributed by atoms with Crippen LogP contribution < -0.4 is 5.14 Å². The van der Waals surface area contributed by atoms with Crippen LogP contribution in [0, 0.1) is 0 Å². The Kier molecular flexibility index (Phi) is 4.34. The molecule has 0 saturated carbocycles. The molecule has 0 aliphatic rings. The van der Waals surface area contributed by atoms with Crippen molar-refractivity contribution in [2.24, 2.45) is 0 Å². The van der Waals surface area contributed by atoms with Crippen molar-refractivity contribution in [3.63, 3.8) is 0 Å². The Bertz CT molecular complexity index is 343. The van der Waals surface area contributed by atoms with E-state index < -0.39 is 24.4 Å². The SMILES string of the molecule is CCCS(=O)(=O)C(CC)S([NH])(=O)=O. The molecule has 13 heavy (non-hydrogen) atoms. The van der Waals surface area contributed by atoms with E-state index in [4.69, 9.17) is 5.14 Å². The molecule has 0 amide bonds. The Morgan fingerprint density at radius 2 is 1.62 bits per heavy atom. The second kappa shape index (κ2) is 4.39. The third-order valence-electron chi connectivity index (χ3n) is 1.57. The summed E-state index contributed by atoms with van der Waals surface area (Å²) in [5.41, 5.74) is 0. The minimum Gasteiger partial charge on any atom is -0.227 e. The lowest BCUT2D eigenvalue weighted by Gasteiger charge is -2.11. The lowest BCUT2D eigenvalue weighted by Crippen LogP contribution is -2.32. The van der Waals surface area contributed by atoms with E-state index >= 15 is 0 Å². The number of sulfonamides is 1. The zero-order valence-electron chi connectivity index (χ0n) is 7.65. The fourth-order valence-electron chi connectivity index (χ4n) is 1.08. The van der Waals surface area contributed by atoms with Gasteiger partial charge in [0.1, 0.15) is 0 Å². The molecule has 0 saturated heterocycles. The molecule has 0 heterocycles. The van der Waals surface area contributed by atoms with Crippen LogP contribution >= 0.6 is 0 Å². The van der Waals surface area contributed by atoms with Gasteiger partial charge < -0.3 is 0 Å². The molecular weight excluding hydrogens is 214 g/mol. The Labute approximate surface area is 79.3 Å². The number of hydrogen-bond acceptors (Lipinski definition) is 4. The third-order valence-corrected chi connectivity index (χ3v) is 6.35. The number of hydrogen-bond donors (Lipinski definition) is 0. The van der Waals surface area contributed by atoms with E-state index in [1.807, 2.05) is 0 Å². The Morgan fingerprint density at radius 3 is 1.85 bits per heavy atom. The van der Waals surface area contributed by atoms with Gasteiger partial charge in [0.05, 0.1) is 5.75 Å². The van der Waals surface area contributed by atoms with E-state index in [2.05, 4.69) is 0 Å². The summed E-state index contributed by atoms with van der Waals surface area (Å²) in [6, 6.07) is 0. The topological polar surface area (TPSA) is 92.1 Å². The standard InChI is InChI=1S/C6H14NO4S2/c1-3-5-12(8,9)6(4-2)13(7,10)11/h6-7H,3-5H2,1-2H3. The summed E-state index contributed by atoms with van der Waals surface area (Å²) in [7, 11) is -7.89.